The third-order valence-corrected chi connectivity index (χ3v) is 2.74. The molecule has 0 spiro atoms. The second-order valence-electron chi connectivity index (χ2n) is 4.16. The Hall–Kier alpha value is -1.62. The molecular formula is C11H13ClN4O. The molecular weight excluding hydrogens is 240 g/mol. The van der Waals surface area contributed by atoms with Gasteiger partial charge in [0.15, 0.2) is 11.0 Å². The summed E-state index contributed by atoms with van der Waals surface area (Å²) in [5.41, 5.74) is 1.53. The van der Waals surface area contributed by atoms with Crippen molar-refractivity contribution in [3.8, 4) is 5.82 Å². The first kappa shape index (κ1) is 11.9. The lowest BCUT2D eigenvalue weighted by Crippen LogP contribution is -2.19. The third-order valence-electron chi connectivity index (χ3n) is 2.54. The number of halogens is 1. The van der Waals surface area contributed by atoms with Gasteiger partial charge in [-0.2, -0.15) is 4.68 Å². The van der Waals surface area contributed by atoms with Gasteiger partial charge in [-0.05, 0) is 25.0 Å². The Balaban J connectivity index is 2.58. The number of nitrogens with zero attached hydrogens (tertiary/aromatic N) is 3. The van der Waals surface area contributed by atoms with Crippen molar-refractivity contribution in [2.45, 2.75) is 26.7 Å². The Morgan fingerprint density at radius 3 is 2.53 bits per heavy atom. The van der Waals surface area contributed by atoms with E-state index in [9.17, 15) is 4.79 Å². The monoisotopic (exact) mass is 252 g/mol. The molecule has 90 valence electrons. The average molecular weight is 253 g/mol. The number of aryl methyl sites for hydroxylation is 1. The summed E-state index contributed by atoms with van der Waals surface area (Å²) >= 11 is 5.65. The molecule has 0 aliphatic carbocycles. The molecule has 2 aromatic rings. The maximum atomic E-state index is 12.1. The van der Waals surface area contributed by atoms with Crippen LogP contribution in [0.2, 0.25) is 5.15 Å². The van der Waals surface area contributed by atoms with Crippen LogP contribution in [0.1, 0.15) is 31.0 Å². The van der Waals surface area contributed by atoms with E-state index < -0.39 is 0 Å². The molecule has 5 nitrogen and oxygen atoms in total. The first-order valence-electron chi connectivity index (χ1n) is 5.32. The van der Waals surface area contributed by atoms with E-state index in [1.807, 2.05) is 20.8 Å². The van der Waals surface area contributed by atoms with Gasteiger partial charge in [0.05, 0.1) is 0 Å². The first-order valence-corrected chi connectivity index (χ1v) is 5.69. The number of hydrogen-bond donors (Lipinski definition) is 1. The molecule has 0 saturated heterocycles. The highest BCUT2D eigenvalue weighted by atomic mass is 35.5. The fourth-order valence-corrected chi connectivity index (χ4v) is 1.93. The molecule has 2 rings (SSSR count). The van der Waals surface area contributed by atoms with E-state index in [2.05, 4.69) is 15.3 Å². The highest BCUT2D eigenvalue weighted by molar-refractivity contribution is 6.29. The summed E-state index contributed by atoms with van der Waals surface area (Å²) in [5.74, 6) is 0.606. The topological polar surface area (TPSA) is 63.6 Å². The van der Waals surface area contributed by atoms with Crippen LogP contribution in [0, 0.1) is 6.92 Å². The first-order chi connectivity index (χ1) is 8.00. The van der Waals surface area contributed by atoms with E-state index in [0.29, 0.717) is 11.0 Å². The van der Waals surface area contributed by atoms with Crippen molar-refractivity contribution < 1.29 is 0 Å². The van der Waals surface area contributed by atoms with Crippen LogP contribution < -0.4 is 5.56 Å². The standard InChI is InChI=1S/C11H13ClN4O/c1-6(2)10-7(3)15-16(11(10)17)9-5-4-8(12)13-14-9/h4-6,15H,1-3H3. The van der Waals surface area contributed by atoms with E-state index in [4.69, 9.17) is 11.6 Å². The van der Waals surface area contributed by atoms with Crippen molar-refractivity contribution in [2.24, 2.45) is 0 Å². The number of nitrogens with one attached hydrogen (secondary N) is 1. The van der Waals surface area contributed by atoms with E-state index >= 15 is 0 Å². The van der Waals surface area contributed by atoms with Crippen molar-refractivity contribution in [1.82, 2.24) is 20.0 Å². The van der Waals surface area contributed by atoms with Crippen LogP contribution >= 0.6 is 11.6 Å². The second-order valence-corrected chi connectivity index (χ2v) is 4.55. The fourth-order valence-electron chi connectivity index (χ4n) is 1.83. The minimum Gasteiger partial charge on any atom is -0.294 e. The number of aromatic nitrogens is 4. The summed E-state index contributed by atoms with van der Waals surface area (Å²) in [6.07, 6.45) is 0. The molecule has 2 heterocycles. The van der Waals surface area contributed by atoms with Gasteiger partial charge in [0, 0.05) is 11.3 Å². The van der Waals surface area contributed by atoms with Gasteiger partial charge in [-0.25, -0.2) is 0 Å². The average Bonchev–Trinajstić information content (AvgIpc) is 2.55. The van der Waals surface area contributed by atoms with E-state index in [1.54, 1.807) is 12.1 Å². The molecule has 0 aliphatic rings. The summed E-state index contributed by atoms with van der Waals surface area (Å²) in [6.45, 7) is 5.83. The lowest BCUT2D eigenvalue weighted by Gasteiger charge is -1.99. The Labute approximate surface area is 103 Å². The molecule has 2 aromatic heterocycles. The van der Waals surface area contributed by atoms with Gasteiger partial charge in [0.1, 0.15) is 0 Å². The zero-order valence-corrected chi connectivity index (χ0v) is 10.6. The second kappa shape index (κ2) is 4.33. The van der Waals surface area contributed by atoms with Gasteiger partial charge in [0.2, 0.25) is 0 Å². The zero-order chi connectivity index (χ0) is 12.6. The maximum Gasteiger partial charge on any atom is 0.276 e. The van der Waals surface area contributed by atoms with Crippen molar-refractivity contribution in [1.29, 1.82) is 0 Å². The number of H-pyrrole nitrogens is 1. The van der Waals surface area contributed by atoms with Crippen LogP contribution in [0.5, 0.6) is 0 Å². The van der Waals surface area contributed by atoms with Gasteiger partial charge in [-0.15, -0.1) is 10.2 Å². The summed E-state index contributed by atoms with van der Waals surface area (Å²) in [4.78, 5) is 12.1. The van der Waals surface area contributed by atoms with E-state index in [-0.39, 0.29) is 11.5 Å². The molecule has 0 aromatic carbocycles. The highest BCUT2D eigenvalue weighted by Gasteiger charge is 2.15. The lowest BCUT2D eigenvalue weighted by atomic mass is 10.1. The summed E-state index contributed by atoms with van der Waals surface area (Å²) in [7, 11) is 0. The Morgan fingerprint density at radius 1 is 1.35 bits per heavy atom. The molecule has 6 heteroatoms. The molecule has 0 unspecified atom stereocenters. The molecule has 0 radical (unpaired) electrons. The van der Waals surface area contributed by atoms with Gasteiger partial charge in [-0.3, -0.25) is 9.89 Å². The Morgan fingerprint density at radius 2 is 2.06 bits per heavy atom. The van der Waals surface area contributed by atoms with E-state index in [1.165, 1.54) is 4.68 Å². The minimum absolute atomic E-state index is 0.0888. The molecule has 0 fully saturated rings. The van der Waals surface area contributed by atoms with Crippen molar-refractivity contribution in [3.63, 3.8) is 0 Å². The summed E-state index contributed by atoms with van der Waals surface area (Å²) in [5, 5.41) is 10.9. The highest BCUT2D eigenvalue weighted by Crippen LogP contribution is 2.14. The van der Waals surface area contributed by atoms with Crippen LogP contribution in [0.15, 0.2) is 16.9 Å². The molecule has 0 bridgehead atoms. The molecule has 17 heavy (non-hydrogen) atoms. The third kappa shape index (κ3) is 2.10. The fraction of sp³-hybridized carbons (Fsp3) is 0.364. The minimum atomic E-state index is -0.0888. The number of aromatic amines is 1. The van der Waals surface area contributed by atoms with Crippen LogP contribution in [0.3, 0.4) is 0 Å². The molecule has 0 aliphatic heterocycles. The summed E-state index contributed by atoms with van der Waals surface area (Å²) < 4.78 is 1.38. The van der Waals surface area contributed by atoms with Gasteiger partial charge < -0.3 is 0 Å². The van der Waals surface area contributed by atoms with Crippen LogP contribution in [-0.4, -0.2) is 20.0 Å². The summed E-state index contributed by atoms with van der Waals surface area (Å²) in [6, 6.07) is 3.25. The molecule has 0 amide bonds. The number of rotatable bonds is 2. The smallest absolute Gasteiger partial charge is 0.276 e. The quantitative estimate of drug-likeness (QED) is 0.890. The largest absolute Gasteiger partial charge is 0.294 e. The zero-order valence-electron chi connectivity index (χ0n) is 9.86. The van der Waals surface area contributed by atoms with Gasteiger partial charge >= 0.3 is 0 Å². The van der Waals surface area contributed by atoms with E-state index in [0.717, 1.165) is 11.3 Å². The SMILES string of the molecule is Cc1[nH]n(-c2ccc(Cl)nn2)c(=O)c1C(C)C. The van der Waals surface area contributed by atoms with Crippen LogP contribution in [0.4, 0.5) is 0 Å². The molecule has 0 atom stereocenters. The van der Waals surface area contributed by atoms with Crippen molar-refractivity contribution in [2.75, 3.05) is 0 Å². The lowest BCUT2D eigenvalue weighted by molar-refractivity contribution is 0.778. The van der Waals surface area contributed by atoms with Crippen LogP contribution in [-0.2, 0) is 0 Å². The van der Waals surface area contributed by atoms with Gasteiger partial charge in [0.25, 0.3) is 5.56 Å². The molecule has 0 saturated carbocycles. The molecule has 1 N–H and O–H groups in total. The normalized spacial score (nSPS) is 11.1. The Kier molecular flexibility index (Phi) is 3.02. The maximum absolute atomic E-state index is 12.1. The Bertz CT molecular complexity index is 583. The number of hydrogen-bond acceptors (Lipinski definition) is 3. The predicted octanol–water partition coefficient (Wildman–Crippen LogP) is 2.04. The van der Waals surface area contributed by atoms with Crippen LogP contribution in [0.25, 0.3) is 5.82 Å². The van der Waals surface area contributed by atoms with Crippen molar-refractivity contribution >= 4 is 11.6 Å². The van der Waals surface area contributed by atoms with Crippen molar-refractivity contribution in [3.05, 3.63) is 38.9 Å². The predicted molar refractivity (Wildman–Crippen MR) is 65.8 cm³/mol. The van der Waals surface area contributed by atoms with Gasteiger partial charge in [-0.1, -0.05) is 25.4 Å².